The molecule has 8 heteroatoms. The maximum Gasteiger partial charge on any atom is 0.417 e. The minimum Gasteiger partial charge on any atom is -0.465 e. The summed E-state index contributed by atoms with van der Waals surface area (Å²) in [6, 6.07) is 4.42. The van der Waals surface area contributed by atoms with E-state index in [1.165, 1.54) is 12.1 Å². The Labute approximate surface area is 118 Å². The van der Waals surface area contributed by atoms with Crippen LogP contribution in [0.3, 0.4) is 0 Å². The molecule has 0 radical (unpaired) electrons. The normalized spacial score (nSPS) is 17.1. The highest BCUT2D eigenvalue weighted by Crippen LogP contribution is 2.39. The Morgan fingerprint density at radius 1 is 1.19 bits per heavy atom. The van der Waals surface area contributed by atoms with Crippen molar-refractivity contribution < 1.29 is 31.1 Å². The lowest BCUT2D eigenvalue weighted by Crippen LogP contribution is -2.14. The molecule has 1 aromatic rings. The van der Waals surface area contributed by atoms with Crippen LogP contribution in [0.1, 0.15) is 11.1 Å². The van der Waals surface area contributed by atoms with Gasteiger partial charge in [-0.15, -0.1) is 0 Å². The van der Waals surface area contributed by atoms with Crippen molar-refractivity contribution in [2.24, 2.45) is 0 Å². The number of carbonyl (C=O) groups excluding carboxylic acids is 1. The number of alkyl halides is 3. The number of sulfone groups is 1. The number of esters is 1. The van der Waals surface area contributed by atoms with E-state index in [1.807, 2.05) is 0 Å². The lowest BCUT2D eigenvalue weighted by Gasteiger charge is -2.13. The first-order valence-corrected chi connectivity index (χ1v) is 7.15. The number of rotatable bonds is 2. The van der Waals surface area contributed by atoms with Crippen molar-refractivity contribution >= 4 is 21.4 Å². The summed E-state index contributed by atoms with van der Waals surface area (Å²) in [6.07, 6.45) is -3.71. The molecule has 1 aliphatic rings. The number of methoxy groups -OCH3 is 1. The molecule has 1 aromatic carbocycles. The summed E-state index contributed by atoms with van der Waals surface area (Å²) in [6.45, 7) is 0. The van der Waals surface area contributed by atoms with E-state index in [0.717, 1.165) is 25.3 Å². The van der Waals surface area contributed by atoms with Gasteiger partial charge in [-0.1, -0.05) is 18.2 Å². The molecule has 0 amide bonds. The van der Waals surface area contributed by atoms with E-state index in [9.17, 15) is 26.4 Å². The van der Waals surface area contributed by atoms with E-state index in [1.54, 1.807) is 0 Å². The van der Waals surface area contributed by atoms with Crippen molar-refractivity contribution in [3.8, 4) is 0 Å². The molecule has 0 bridgehead atoms. The van der Waals surface area contributed by atoms with Crippen molar-refractivity contribution in [1.29, 1.82) is 0 Å². The van der Waals surface area contributed by atoms with Crippen LogP contribution < -0.4 is 0 Å². The van der Waals surface area contributed by atoms with Crippen molar-refractivity contribution in [2.75, 3.05) is 7.11 Å². The number of carbonyl (C=O) groups is 1. The maximum absolute atomic E-state index is 13.0. The fourth-order valence-electron chi connectivity index (χ4n) is 1.95. The molecule has 1 heterocycles. The Balaban J connectivity index is 2.77. The van der Waals surface area contributed by atoms with Crippen LogP contribution in [0.2, 0.25) is 0 Å². The largest absolute Gasteiger partial charge is 0.465 e. The minimum atomic E-state index is -4.68. The van der Waals surface area contributed by atoms with Crippen LogP contribution in [-0.4, -0.2) is 21.5 Å². The second-order valence-electron chi connectivity index (χ2n) is 4.13. The van der Waals surface area contributed by atoms with Crippen molar-refractivity contribution in [2.45, 2.75) is 6.18 Å². The van der Waals surface area contributed by atoms with Crippen LogP contribution in [0.4, 0.5) is 13.2 Å². The second-order valence-corrected chi connectivity index (χ2v) is 5.90. The van der Waals surface area contributed by atoms with Gasteiger partial charge >= 0.3 is 12.1 Å². The molecule has 0 spiro atoms. The number of benzene rings is 1. The van der Waals surface area contributed by atoms with Gasteiger partial charge in [0.25, 0.3) is 0 Å². The fourth-order valence-corrected chi connectivity index (χ4v) is 3.20. The van der Waals surface area contributed by atoms with E-state index in [4.69, 9.17) is 0 Å². The van der Waals surface area contributed by atoms with Gasteiger partial charge in [-0.2, -0.15) is 13.2 Å². The van der Waals surface area contributed by atoms with Gasteiger partial charge in [-0.3, -0.25) is 0 Å². The first-order chi connectivity index (χ1) is 9.68. The summed E-state index contributed by atoms with van der Waals surface area (Å²) >= 11 is 0. The number of hydrogen-bond donors (Lipinski definition) is 0. The quantitative estimate of drug-likeness (QED) is 0.786. The molecule has 0 saturated carbocycles. The van der Waals surface area contributed by atoms with E-state index in [2.05, 4.69) is 4.74 Å². The van der Waals surface area contributed by atoms with Crippen LogP contribution >= 0.6 is 0 Å². The molecule has 0 N–H and O–H groups in total. The number of hydrogen-bond acceptors (Lipinski definition) is 4. The molecular weight excluding hydrogens is 309 g/mol. The molecule has 2 rings (SSSR count). The number of allylic oxidation sites excluding steroid dienone is 2. The molecule has 0 fully saturated rings. The smallest absolute Gasteiger partial charge is 0.417 e. The fraction of sp³-hybridized carbons (Fsp3) is 0.154. The first-order valence-electron chi connectivity index (χ1n) is 5.61. The van der Waals surface area contributed by atoms with Gasteiger partial charge in [0.15, 0.2) is 4.91 Å². The monoisotopic (exact) mass is 318 g/mol. The molecule has 1 aliphatic heterocycles. The zero-order valence-corrected chi connectivity index (χ0v) is 11.5. The molecule has 4 nitrogen and oxygen atoms in total. The highest BCUT2D eigenvalue weighted by atomic mass is 32.2. The van der Waals surface area contributed by atoms with Crippen molar-refractivity contribution in [3.05, 3.63) is 51.8 Å². The zero-order chi connectivity index (χ0) is 15.8. The van der Waals surface area contributed by atoms with E-state index in [0.29, 0.717) is 5.41 Å². The van der Waals surface area contributed by atoms with Crippen LogP contribution in [-0.2, 0) is 25.5 Å². The lowest BCUT2D eigenvalue weighted by molar-refractivity contribution is -0.138. The summed E-state index contributed by atoms with van der Waals surface area (Å²) in [7, 11) is -3.15. The van der Waals surface area contributed by atoms with E-state index >= 15 is 0 Å². The molecule has 21 heavy (non-hydrogen) atoms. The van der Waals surface area contributed by atoms with Crippen LogP contribution in [0.15, 0.2) is 40.7 Å². The highest BCUT2D eigenvalue weighted by molar-refractivity contribution is 7.99. The topological polar surface area (TPSA) is 60.4 Å². The van der Waals surface area contributed by atoms with Gasteiger partial charge in [0.1, 0.15) is 0 Å². The van der Waals surface area contributed by atoms with Crippen LogP contribution in [0.5, 0.6) is 0 Å². The maximum atomic E-state index is 13.0. The summed E-state index contributed by atoms with van der Waals surface area (Å²) < 4.78 is 66.9. The van der Waals surface area contributed by atoms with Crippen molar-refractivity contribution in [3.63, 3.8) is 0 Å². The molecular formula is C13H9F3O4S. The van der Waals surface area contributed by atoms with Gasteiger partial charge < -0.3 is 4.74 Å². The lowest BCUT2D eigenvalue weighted by atomic mass is 9.99. The Morgan fingerprint density at radius 2 is 1.81 bits per heavy atom. The molecule has 0 atom stereocenters. The second kappa shape index (κ2) is 5.03. The first kappa shape index (κ1) is 15.3. The molecule has 0 aliphatic carbocycles. The van der Waals surface area contributed by atoms with Gasteiger partial charge in [-0.25, -0.2) is 13.2 Å². The Bertz CT molecular complexity index is 758. The number of halogens is 3. The highest BCUT2D eigenvalue weighted by Gasteiger charge is 2.38. The predicted molar refractivity (Wildman–Crippen MR) is 68.4 cm³/mol. The predicted octanol–water partition coefficient (Wildman–Crippen LogP) is 2.53. The third-order valence-corrected chi connectivity index (χ3v) is 4.29. The molecule has 0 aromatic heterocycles. The standard InChI is InChI=1S/C13H9F3O4S/c1-20-12(17)11-9(6-7-21(11,18)19)8-4-2-3-5-10(8)13(14,15)16/h2-7H,1H3. The SMILES string of the molecule is COC(=O)C1=C(c2ccccc2C(F)(F)F)C=CS1(=O)=O. The van der Waals surface area contributed by atoms with Gasteiger partial charge in [0.2, 0.25) is 9.84 Å². The third-order valence-electron chi connectivity index (χ3n) is 2.84. The molecule has 0 unspecified atom stereocenters. The third kappa shape index (κ3) is 2.71. The zero-order valence-electron chi connectivity index (χ0n) is 10.6. The minimum absolute atomic E-state index is 0.324. The van der Waals surface area contributed by atoms with Gasteiger partial charge in [0, 0.05) is 11.0 Å². The summed E-state index contributed by atoms with van der Waals surface area (Å²) in [5.41, 5.74) is -1.74. The summed E-state index contributed by atoms with van der Waals surface area (Å²) in [5.74, 6) is -1.20. The Hall–Kier alpha value is -2.09. The Morgan fingerprint density at radius 3 is 2.38 bits per heavy atom. The van der Waals surface area contributed by atoms with Crippen LogP contribution in [0, 0.1) is 0 Å². The van der Waals surface area contributed by atoms with Gasteiger partial charge in [-0.05, 0) is 17.7 Å². The van der Waals surface area contributed by atoms with E-state index < -0.39 is 32.5 Å². The average Bonchev–Trinajstić information content (AvgIpc) is 2.72. The van der Waals surface area contributed by atoms with Crippen LogP contribution in [0.25, 0.3) is 5.57 Å². The van der Waals surface area contributed by atoms with Crippen molar-refractivity contribution in [1.82, 2.24) is 0 Å². The molecule has 0 saturated heterocycles. The summed E-state index contributed by atoms with van der Waals surface area (Å²) in [4.78, 5) is 10.8. The Kier molecular flexibility index (Phi) is 3.66. The van der Waals surface area contributed by atoms with E-state index in [-0.39, 0.29) is 11.1 Å². The number of ether oxygens (including phenoxy) is 1. The summed E-state index contributed by atoms with van der Waals surface area (Å²) in [5, 5.41) is 0.682. The molecule has 112 valence electrons. The van der Waals surface area contributed by atoms with Gasteiger partial charge in [0.05, 0.1) is 12.7 Å². The average molecular weight is 318 g/mol.